The van der Waals surface area contributed by atoms with Gasteiger partial charge in [0.25, 0.3) is 0 Å². The van der Waals surface area contributed by atoms with Gasteiger partial charge in [-0.15, -0.1) is 10.2 Å². The molecule has 2 heterocycles. The largest absolute Gasteiger partial charge is 0.469 e. The zero-order chi connectivity index (χ0) is 17.1. The summed E-state index contributed by atoms with van der Waals surface area (Å²) in [5.41, 5.74) is 2.70. The highest BCUT2D eigenvalue weighted by Crippen LogP contribution is 2.29. The minimum atomic E-state index is -0.381. The van der Waals surface area contributed by atoms with E-state index in [2.05, 4.69) is 15.2 Å². The van der Waals surface area contributed by atoms with Crippen molar-refractivity contribution in [3.05, 3.63) is 58.9 Å². The van der Waals surface area contributed by atoms with Crippen LogP contribution < -0.4 is 0 Å². The number of nitrogens with zero attached hydrogens (tertiary/aromatic N) is 4. The van der Waals surface area contributed by atoms with Gasteiger partial charge in [0.1, 0.15) is 5.65 Å². The molecule has 0 radical (unpaired) electrons. The lowest BCUT2D eigenvalue weighted by Gasteiger charge is -2.01. The van der Waals surface area contributed by atoms with E-state index >= 15 is 0 Å². The van der Waals surface area contributed by atoms with Crippen LogP contribution in [0.2, 0.25) is 5.02 Å². The van der Waals surface area contributed by atoms with Gasteiger partial charge in [-0.05, 0) is 36.8 Å². The number of aromatic nitrogens is 2. The molecule has 0 atom stereocenters. The second-order valence-electron chi connectivity index (χ2n) is 5.15. The molecule has 7 heteroatoms. The number of azo groups is 1. The third-order valence-electron chi connectivity index (χ3n) is 3.61. The van der Waals surface area contributed by atoms with E-state index < -0.39 is 0 Å². The van der Waals surface area contributed by atoms with E-state index in [1.54, 1.807) is 10.5 Å². The number of imidazole rings is 1. The number of halogens is 1. The van der Waals surface area contributed by atoms with Gasteiger partial charge in [-0.25, -0.2) is 4.98 Å². The maximum absolute atomic E-state index is 11.6. The Morgan fingerprint density at radius 3 is 2.88 bits per heavy atom. The first-order valence-corrected chi connectivity index (χ1v) is 7.67. The standard InChI is InChI=1S/C17H15ClN4O2/c1-11-12(18)6-5-7-13(11)20-21-17-14(10-16(23)24-2)19-15-8-3-4-9-22(15)17/h3-9H,10H2,1-2H3. The fourth-order valence-electron chi connectivity index (χ4n) is 2.27. The van der Waals surface area contributed by atoms with Gasteiger partial charge >= 0.3 is 5.97 Å². The van der Waals surface area contributed by atoms with Gasteiger partial charge in [0.2, 0.25) is 0 Å². The number of carbonyl (C=O) groups excluding carboxylic acids is 1. The average Bonchev–Trinajstić information content (AvgIpc) is 2.93. The van der Waals surface area contributed by atoms with E-state index in [-0.39, 0.29) is 12.4 Å². The van der Waals surface area contributed by atoms with E-state index in [1.807, 2.05) is 43.5 Å². The van der Waals surface area contributed by atoms with Crippen molar-refractivity contribution in [2.75, 3.05) is 7.11 Å². The van der Waals surface area contributed by atoms with E-state index in [9.17, 15) is 4.79 Å². The van der Waals surface area contributed by atoms with Crippen LogP contribution in [0.25, 0.3) is 5.65 Å². The zero-order valence-electron chi connectivity index (χ0n) is 13.2. The molecule has 6 nitrogen and oxygen atoms in total. The molecule has 0 fully saturated rings. The van der Waals surface area contributed by atoms with Gasteiger partial charge in [0.15, 0.2) is 5.82 Å². The predicted molar refractivity (Wildman–Crippen MR) is 91.3 cm³/mol. The molecule has 0 bridgehead atoms. The Labute approximate surface area is 143 Å². The smallest absolute Gasteiger partial charge is 0.311 e. The summed E-state index contributed by atoms with van der Waals surface area (Å²) < 4.78 is 6.50. The normalized spacial score (nSPS) is 11.3. The van der Waals surface area contributed by atoms with Crippen LogP contribution in [-0.2, 0) is 16.0 Å². The van der Waals surface area contributed by atoms with E-state index in [1.165, 1.54) is 7.11 Å². The quantitative estimate of drug-likeness (QED) is 0.520. The van der Waals surface area contributed by atoms with Gasteiger partial charge < -0.3 is 4.74 Å². The highest BCUT2D eigenvalue weighted by Gasteiger charge is 2.15. The van der Waals surface area contributed by atoms with Crippen LogP contribution in [-0.4, -0.2) is 22.5 Å². The molecule has 0 N–H and O–H groups in total. The number of rotatable bonds is 4. The Hall–Kier alpha value is -2.73. The Morgan fingerprint density at radius 1 is 1.25 bits per heavy atom. The first kappa shape index (κ1) is 16.1. The van der Waals surface area contributed by atoms with Gasteiger partial charge in [0, 0.05) is 11.2 Å². The number of esters is 1. The van der Waals surface area contributed by atoms with Crippen LogP contribution >= 0.6 is 11.6 Å². The highest BCUT2D eigenvalue weighted by molar-refractivity contribution is 6.31. The third-order valence-corrected chi connectivity index (χ3v) is 4.01. The second kappa shape index (κ2) is 6.80. The second-order valence-corrected chi connectivity index (χ2v) is 5.56. The Balaban J connectivity index is 2.06. The summed E-state index contributed by atoms with van der Waals surface area (Å²) in [6, 6.07) is 11.0. The topological polar surface area (TPSA) is 68.3 Å². The molecule has 122 valence electrons. The molecule has 24 heavy (non-hydrogen) atoms. The highest BCUT2D eigenvalue weighted by atomic mass is 35.5. The molecule has 3 rings (SSSR count). The monoisotopic (exact) mass is 342 g/mol. The molecule has 0 saturated carbocycles. The summed E-state index contributed by atoms with van der Waals surface area (Å²) in [6.07, 6.45) is 1.85. The van der Waals surface area contributed by atoms with Gasteiger partial charge in [0.05, 0.1) is 24.9 Å². The molecule has 0 aliphatic rings. The lowest BCUT2D eigenvalue weighted by Crippen LogP contribution is -2.04. The molecule has 0 aliphatic carbocycles. The number of hydrogen-bond acceptors (Lipinski definition) is 5. The summed E-state index contributed by atoms with van der Waals surface area (Å²) in [7, 11) is 1.34. The van der Waals surface area contributed by atoms with Crippen molar-refractivity contribution in [3.8, 4) is 0 Å². The maximum Gasteiger partial charge on any atom is 0.311 e. The van der Waals surface area contributed by atoms with Crippen LogP contribution in [0.4, 0.5) is 11.5 Å². The summed E-state index contributed by atoms with van der Waals surface area (Å²) in [5.74, 6) is 0.115. The number of fused-ring (bicyclic) bond motifs is 1. The fraction of sp³-hybridized carbons (Fsp3) is 0.176. The summed E-state index contributed by atoms with van der Waals surface area (Å²) in [6.45, 7) is 1.88. The van der Waals surface area contributed by atoms with Crippen molar-refractivity contribution in [2.24, 2.45) is 10.2 Å². The molecule has 0 amide bonds. The number of methoxy groups -OCH3 is 1. The number of ether oxygens (including phenoxy) is 1. The number of benzene rings is 1. The Bertz CT molecular complexity index is 933. The maximum atomic E-state index is 11.6. The first-order chi connectivity index (χ1) is 11.6. The van der Waals surface area contributed by atoms with Crippen molar-refractivity contribution in [2.45, 2.75) is 13.3 Å². The van der Waals surface area contributed by atoms with Gasteiger partial charge in [-0.3, -0.25) is 9.20 Å². The Morgan fingerprint density at radius 2 is 2.08 bits per heavy atom. The fourth-order valence-corrected chi connectivity index (χ4v) is 2.44. The molecular weight excluding hydrogens is 328 g/mol. The molecule has 0 saturated heterocycles. The lowest BCUT2D eigenvalue weighted by molar-refractivity contribution is -0.139. The van der Waals surface area contributed by atoms with Gasteiger partial charge in [-0.2, -0.15) is 0 Å². The van der Waals surface area contributed by atoms with Crippen molar-refractivity contribution < 1.29 is 9.53 Å². The first-order valence-electron chi connectivity index (χ1n) is 7.30. The van der Waals surface area contributed by atoms with E-state index in [4.69, 9.17) is 16.3 Å². The Kier molecular flexibility index (Phi) is 4.57. The van der Waals surface area contributed by atoms with Crippen LogP contribution in [0.3, 0.4) is 0 Å². The molecule has 0 aliphatic heterocycles. The predicted octanol–water partition coefficient (Wildman–Crippen LogP) is 4.43. The minimum Gasteiger partial charge on any atom is -0.469 e. The molecule has 1 aromatic carbocycles. The van der Waals surface area contributed by atoms with Crippen LogP contribution in [0.5, 0.6) is 0 Å². The van der Waals surface area contributed by atoms with Crippen molar-refractivity contribution in [1.29, 1.82) is 0 Å². The zero-order valence-corrected chi connectivity index (χ0v) is 14.0. The van der Waals surface area contributed by atoms with E-state index in [0.717, 1.165) is 5.56 Å². The minimum absolute atomic E-state index is 0.0288. The molecule has 0 spiro atoms. The van der Waals surface area contributed by atoms with Crippen LogP contribution in [0.1, 0.15) is 11.3 Å². The number of hydrogen-bond donors (Lipinski definition) is 0. The molecule has 2 aromatic heterocycles. The lowest BCUT2D eigenvalue weighted by atomic mass is 10.2. The molecule has 0 unspecified atom stereocenters. The van der Waals surface area contributed by atoms with Crippen molar-refractivity contribution in [1.82, 2.24) is 9.38 Å². The summed E-state index contributed by atoms with van der Waals surface area (Å²) in [4.78, 5) is 16.1. The molecule has 3 aromatic rings. The number of pyridine rings is 1. The van der Waals surface area contributed by atoms with Crippen LogP contribution in [0.15, 0.2) is 52.8 Å². The van der Waals surface area contributed by atoms with Gasteiger partial charge in [-0.1, -0.05) is 23.7 Å². The third kappa shape index (κ3) is 3.14. The SMILES string of the molecule is COC(=O)Cc1nc2ccccn2c1N=Nc1cccc(Cl)c1C. The summed E-state index contributed by atoms with van der Waals surface area (Å²) >= 11 is 6.11. The van der Waals surface area contributed by atoms with Crippen LogP contribution in [0, 0.1) is 6.92 Å². The van der Waals surface area contributed by atoms with Crippen molar-refractivity contribution in [3.63, 3.8) is 0 Å². The number of carbonyl (C=O) groups is 1. The van der Waals surface area contributed by atoms with E-state index in [0.29, 0.717) is 27.9 Å². The van der Waals surface area contributed by atoms with Crippen molar-refractivity contribution >= 4 is 34.7 Å². The summed E-state index contributed by atoms with van der Waals surface area (Å²) in [5, 5.41) is 9.22. The average molecular weight is 343 g/mol. The molecular formula is C17H15ClN4O2.